The van der Waals surface area contributed by atoms with Crippen molar-refractivity contribution >= 4 is 21.6 Å². The summed E-state index contributed by atoms with van der Waals surface area (Å²) in [6, 6.07) is 6.13. The van der Waals surface area contributed by atoms with Crippen molar-refractivity contribution in [3.8, 4) is 0 Å². The first-order valence-corrected chi connectivity index (χ1v) is 7.47. The predicted octanol–water partition coefficient (Wildman–Crippen LogP) is 3.47. The molecule has 0 radical (unpaired) electrons. The number of fused-ring (bicyclic) bond motifs is 1. The molecule has 0 atom stereocenters. The zero-order valence-electron chi connectivity index (χ0n) is 10.5. The van der Waals surface area contributed by atoms with E-state index in [9.17, 15) is 0 Å². The van der Waals surface area contributed by atoms with Crippen LogP contribution in [-0.4, -0.2) is 27.4 Å². The Bertz CT molecular complexity index is 527. The first-order chi connectivity index (χ1) is 8.83. The van der Waals surface area contributed by atoms with Gasteiger partial charge in [-0.05, 0) is 54.0 Å². The number of hydrogen-bond donors (Lipinski definition) is 0. The molecular weight excluding hydrogens is 290 g/mol. The number of likely N-dealkylation sites (tertiary alicyclic amines) is 1. The van der Waals surface area contributed by atoms with Gasteiger partial charge in [0, 0.05) is 12.7 Å². The van der Waals surface area contributed by atoms with Gasteiger partial charge < -0.3 is 0 Å². The highest BCUT2D eigenvalue weighted by atomic mass is 79.9. The molecule has 1 aliphatic heterocycles. The van der Waals surface area contributed by atoms with E-state index in [4.69, 9.17) is 0 Å². The predicted molar refractivity (Wildman–Crippen MR) is 76.6 cm³/mol. The molecule has 0 bridgehead atoms. The van der Waals surface area contributed by atoms with E-state index in [0.717, 1.165) is 16.8 Å². The maximum absolute atomic E-state index is 4.69. The van der Waals surface area contributed by atoms with Crippen LogP contribution >= 0.6 is 15.9 Å². The van der Waals surface area contributed by atoms with Gasteiger partial charge in [-0.1, -0.05) is 18.9 Å². The minimum Gasteiger partial charge on any atom is -0.297 e. The van der Waals surface area contributed by atoms with Gasteiger partial charge in [0.2, 0.25) is 0 Å². The molecule has 0 amide bonds. The lowest BCUT2D eigenvalue weighted by Gasteiger charge is -2.17. The van der Waals surface area contributed by atoms with Crippen molar-refractivity contribution in [2.75, 3.05) is 13.1 Å². The number of pyridine rings is 1. The largest absolute Gasteiger partial charge is 0.297 e. The molecule has 0 spiro atoms. The first kappa shape index (κ1) is 12.2. The molecule has 2 aromatic rings. The van der Waals surface area contributed by atoms with E-state index in [0.29, 0.717) is 0 Å². The summed E-state index contributed by atoms with van der Waals surface area (Å²) >= 11 is 3.56. The Morgan fingerprint density at radius 3 is 2.61 bits per heavy atom. The number of aromatic nitrogens is 2. The summed E-state index contributed by atoms with van der Waals surface area (Å²) in [5.74, 6) is 0. The van der Waals surface area contributed by atoms with Gasteiger partial charge in [0.15, 0.2) is 0 Å². The van der Waals surface area contributed by atoms with Crippen LogP contribution in [0.2, 0.25) is 0 Å². The smallest absolute Gasteiger partial charge is 0.137 e. The van der Waals surface area contributed by atoms with Crippen molar-refractivity contribution in [1.82, 2.24) is 14.3 Å². The topological polar surface area (TPSA) is 20.5 Å². The molecule has 1 fully saturated rings. The maximum Gasteiger partial charge on any atom is 0.137 e. The Balaban J connectivity index is 1.79. The minimum absolute atomic E-state index is 0.980. The highest BCUT2D eigenvalue weighted by molar-refractivity contribution is 9.10. The van der Waals surface area contributed by atoms with Crippen LogP contribution in [0.1, 0.15) is 31.4 Å². The fraction of sp³-hybridized carbons (Fsp3) is 0.500. The van der Waals surface area contributed by atoms with Crippen LogP contribution < -0.4 is 0 Å². The number of halogens is 1. The fourth-order valence-corrected chi connectivity index (χ4v) is 3.06. The second-order valence-electron chi connectivity index (χ2n) is 5.00. The van der Waals surface area contributed by atoms with Gasteiger partial charge in [-0.3, -0.25) is 9.30 Å². The van der Waals surface area contributed by atoms with Crippen LogP contribution in [0.5, 0.6) is 0 Å². The van der Waals surface area contributed by atoms with Gasteiger partial charge >= 0.3 is 0 Å². The lowest BCUT2D eigenvalue weighted by molar-refractivity contribution is 0.274. The molecule has 96 valence electrons. The molecule has 1 aliphatic rings. The second kappa shape index (κ2) is 5.41. The number of hydrogen-bond acceptors (Lipinski definition) is 2. The summed E-state index contributed by atoms with van der Waals surface area (Å²) in [4.78, 5) is 7.22. The van der Waals surface area contributed by atoms with Crippen molar-refractivity contribution in [1.29, 1.82) is 0 Å². The Labute approximate surface area is 116 Å². The highest BCUT2D eigenvalue weighted by Crippen LogP contribution is 2.17. The SMILES string of the molecule is Brc1cccc2nc(CN3CCCCCC3)cn12. The van der Waals surface area contributed by atoms with Crippen LogP contribution in [0.4, 0.5) is 0 Å². The Kier molecular flexibility index (Phi) is 3.66. The maximum atomic E-state index is 4.69. The van der Waals surface area contributed by atoms with Crippen molar-refractivity contribution in [2.24, 2.45) is 0 Å². The van der Waals surface area contributed by atoms with Crippen molar-refractivity contribution in [2.45, 2.75) is 32.2 Å². The average molecular weight is 308 g/mol. The molecule has 4 heteroatoms. The van der Waals surface area contributed by atoms with Gasteiger partial charge in [-0.2, -0.15) is 0 Å². The van der Waals surface area contributed by atoms with Gasteiger partial charge in [0.25, 0.3) is 0 Å². The summed E-state index contributed by atoms with van der Waals surface area (Å²) < 4.78 is 3.17. The van der Waals surface area contributed by atoms with Crippen LogP contribution in [0.15, 0.2) is 29.0 Å². The van der Waals surface area contributed by atoms with E-state index in [1.165, 1.54) is 44.5 Å². The lowest BCUT2D eigenvalue weighted by Crippen LogP contribution is -2.24. The molecule has 3 rings (SSSR count). The molecule has 0 aliphatic carbocycles. The molecule has 3 nitrogen and oxygen atoms in total. The second-order valence-corrected chi connectivity index (χ2v) is 5.81. The van der Waals surface area contributed by atoms with Crippen molar-refractivity contribution < 1.29 is 0 Å². The van der Waals surface area contributed by atoms with Crippen LogP contribution in [0.3, 0.4) is 0 Å². The van der Waals surface area contributed by atoms with E-state index in [-0.39, 0.29) is 0 Å². The number of imidazole rings is 1. The Morgan fingerprint density at radius 1 is 1.11 bits per heavy atom. The van der Waals surface area contributed by atoms with Gasteiger partial charge in [0.05, 0.1) is 10.3 Å². The summed E-state index contributed by atoms with van der Waals surface area (Å²) in [7, 11) is 0. The van der Waals surface area contributed by atoms with Gasteiger partial charge in [-0.15, -0.1) is 0 Å². The van der Waals surface area contributed by atoms with Gasteiger partial charge in [0.1, 0.15) is 5.65 Å². The fourth-order valence-electron chi connectivity index (χ4n) is 2.63. The monoisotopic (exact) mass is 307 g/mol. The third-order valence-corrected chi connectivity index (χ3v) is 4.22. The molecule has 0 N–H and O–H groups in total. The number of nitrogens with zero attached hydrogens (tertiary/aromatic N) is 3. The minimum atomic E-state index is 0.980. The molecular formula is C14H18BrN3. The zero-order valence-corrected chi connectivity index (χ0v) is 12.1. The Morgan fingerprint density at radius 2 is 1.89 bits per heavy atom. The van der Waals surface area contributed by atoms with E-state index < -0.39 is 0 Å². The summed E-state index contributed by atoms with van der Waals surface area (Å²) in [6.45, 7) is 3.41. The summed E-state index contributed by atoms with van der Waals surface area (Å²) in [5.41, 5.74) is 2.19. The van der Waals surface area contributed by atoms with E-state index in [2.05, 4.69) is 42.5 Å². The normalized spacial score (nSPS) is 18.1. The molecule has 0 aromatic carbocycles. The quantitative estimate of drug-likeness (QED) is 0.792. The number of rotatable bonds is 2. The highest BCUT2D eigenvalue weighted by Gasteiger charge is 2.11. The van der Waals surface area contributed by atoms with Crippen LogP contribution in [0, 0.1) is 0 Å². The van der Waals surface area contributed by atoms with Crippen LogP contribution in [-0.2, 0) is 6.54 Å². The van der Waals surface area contributed by atoms with Gasteiger partial charge in [-0.25, -0.2) is 4.98 Å². The molecule has 2 aromatic heterocycles. The molecule has 0 unspecified atom stereocenters. The van der Waals surface area contributed by atoms with Crippen LogP contribution in [0.25, 0.3) is 5.65 Å². The third-order valence-electron chi connectivity index (χ3n) is 3.58. The lowest BCUT2D eigenvalue weighted by atomic mass is 10.2. The molecule has 18 heavy (non-hydrogen) atoms. The standard InChI is InChI=1S/C14H18BrN3/c15-13-6-5-7-14-16-12(11-18(13)14)10-17-8-3-1-2-4-9-17/h5-7,11H,1-4,8-10H2. The summed E-state index contributed by atoms with van der Waals surface area (Å²) in [6.07, 6.45) is 7.57. The first-order valence-electron chi connectivity index (χ1n) is 6.68. The van der Waals surface area contributed by atoms with E-state index in [1.807, 2.05) is 12.1 Å². The van der Waals surface area contributed by atoms with Crippen molar-refractivity contribution in [3.05, 3.63) is 34.7 Å². The average Bonchev–Trinajstić information content (AvgIpc) is 2.60. The van der Waals surface area contributed by atoms with E-state index >= 15 is 0 Å². The third kappa shape index (κ3) is 2.59. The van der Waals surface area contributed by atoms with Crippen molar-refractivity contribution in [3.63, 3.8) is 0 Å². The molecule has 3 heterocycles. The molecule has 0 saturated carbocycles. The summed E-state index contributed by atoms with van der Waals surface area (Å²) in [5, 5.41) is 0. The Hall–Kier alpha value is -0.870. The van der Waals surface area contributed by atoms with E-state index in [1.54, 1.807) is 0 Å². The zero-order chi connectivity index (χ0) is 12.4. The molecule has 1 saturated heterocycles.